The summed E-state index contributed by atoms with van der Waals surface area (Å²) in [6.07, 6.45) is 1.69. The van der Waals surface area contributed by atoms with Crippen molar-refractivity contribution in [3.05, 3.63) is 11.9 Å². The number of nitrogens with zero attached hydrogens (tertiary/aromatic N) is 4. The second-order valence-electron chi connectivity index (χ2n) is 4.32. The van der Waals surface area contributed by atoms with Crippen LogP contribution in [0.4, 0.5) is 5.69 Å². The number of nitrogen functional groups attached to an aromatic ring is 1. The molecule has 6 nitrogen and oxygen atoms in total. The molecule has 6 heteroatoms. The molecule has 0 radical (unpaired) electrons. The fraction of sp³-hybridized carbons (Fsp3) is 0.636. The number of hydrogen-bond donors (Lipinski definition) is 1. The van der Waals surface area contributed by atoms with Crippen LogP contribution in [-0.2, 0) is 6.54 Å². The van der Waals surface area contributed by atoms with Crippen LogP contribution in [0, 0.1) is 0 Å². The van der Waals surface area contributed by atoms with E-state index in [-0.39, 0.29) is 5.91 Å². The molecule has 0 fully saturated rings. The molecule has 0 unspecified atom stereocenters. The van der Waals surface area contributed by atoms with Crippen molar-refractivity contribution in [2.45, 2.75) is 13.5 Å². The van der Waals surface area contributed by atoms with Gasteiger partial charge < -0.3 is 15.5 Å². The SMILES string of the molecule is CCn1cc(N)c(C(=O)N(C)CCN(C)C)n1. The van der Waals surface area contributed by atoms with E-state index in [9.17, 15) is 4.79 Å². The lowest BCUT2D eigenvalue weighted by Gasteiger charge is -2.18. The predicted molar refractivity (Wildman–Crippen MR) is 67.8 cm³/mol. The number of nitrogens with two attached hydrogens (primary N) is 1. The van der Waals surface area contributed by atoms with Gasteiger partial charge in [0.1, 0.15) is 0 Å². The zero-order chi connectivity index (χ0) is 13.0. The van der Waals surface area contributed by atoms with Gasteiger partial charge in [-0.2, -0.15) is 5.10 Å². The molecule has 0 aliphatic rings. The molecule has 17 heavy (non-hydrogen) atoms. The van der Waals surface area contributed by atoms with Gasteiger partial charge >= 0.3 is 0 Å². The highest BCUT2D eigenvalue weighted by molar-refractivity contribution is 5.96. The zero-order valence-electron chi connectivity index (χ0n) is 11.0. The van der Waals surface area contributed by atoms with Gasteiger partial charge in [0.2, 0.25) is 0 Å². The van der Waals surface area contributed by atoms with Crippen LogP contribution < -0.4 is 5.73 Å². The van der Waals surface area contributed by atoms with Gasteiger partial charge in [-0.15, -0.1) is 0 Å². The Hall–Kier alpha value is -1.56. The first kappa shape index (κ1) is 13.5. The van der Waals surface area contributed by atoms with Crippen LogP contribution in [0.3, 0.4) is 0 Å². The molecule has 1 aromatic rings. The number of amides is 1. The lowest BCUT2D eigenvalue weighted by Crippen LogP contribution is -2.34. The molecule has 1 amide bonds. The van der Waals surface area contributed by atoms with Crippen molar-refractivity contribution in [2.75, 3.05) is 40.0 Å². The normalized spacial score (nSPS) is 10.9. The van der Waals surface area contributed by atoms with E-state index >= 15 is 0 Å². The van der Waals surface area contributed by atoms with Crippen LogP contribution in [0.5, 0.6) is 0 Å². The molecule has 0 aliphatic heterocycles. The Balaban J connectivity index is 2.70. The number of carbonyl (C=O) groups excluding carboxylic acids is 1. The van der Waals surface area contributed by atoms with E-state index in [1.807, 2.05) is 25.9 Å². The second-order valence-corrected chi connectivity index (χ2v) is 4.32. The van der Waals surface area contributed by atoms with Gasteiger partial charge in [-0.25, -0.2) is 0 Å². The highest BCUT2D eigenvalue weighted by Gasteiger charge is 2.18. The van der Waals surface area contributed by atoms with Crippen molar-refractivity contribution in [2.24, 2.45) is 0 Å². The van der Waals surface area contributed by atoms with Gasteiger partial charge in [0.05, 0.1) is 5.69 Å². The summed E-state index contributed by atoms with van der Waals surface area (Å²) in [5.41, 5.74) is 6.55. The molecular weight excluding hydrogens is 218 g/mol. The predicted octanol–water partition coefficient (Wildman–Crippen LogP) is 0.119. The number of likely N-dealkylation sites (N-methyl/N-ethyl adjacent to an activating group) is 2. The topological polar surface area (TPSA) is 67.4 Å². The summed E-state index contributed by atoms with van der Waals surface area (Å²) in [5.74, 6) is -0.128. The molecule has 0 aliphatic carbocycles. The van der Waals surface area contributed by atoms with E-state index in [2.05, 4.69) is 5.10 Å². The Labute approximate surface area is 102 Å². The highest BCUT2D eigenvalue weighted by Crippen LogP contribution is 2.11. The third kappa shape index (κ3) is 3.45. The minimum Gasteiger partial charge on any atom is -0.396 e. The van der Waals surface area contributed by atoms with Crippen LogP contribution in [0.2, 0.25) is 0 Å². The standard InChI is InChI=1S/C11H21N5O/c1-5-16-8-9(12)10(13-16)11(17)15(4)7-6-14(2)3/h8H,5-7,12H2,1-4H3. The number of anilines is 1. The lowest BCUT2D eigenvalue weighted by atomic mass is 10.3. The van der Waals surface area contributed by atoms with E-state index in [4.69, 9.17) is 5.73 Å². The highest BCUT2D eigenvalue weighted by atomic mass is 16.2. The summed E-state index contributed by atoms with van der Waals surface area (Å²) in [4.78, 5) is 15.7. The van der Waals surface area contributed by atoms with E-state index in [1.54, 1.807) is 22.8 Å². The Morgan fingerprint density at radius 2 is 2.06 bits per heavy atom. The maximum Gasteiger partial charge on any atom is 0.276 e. The summed E-state index contributed by atoms with van der Waals surface area (Å²) in [6, 6.07) is 0. The van der Waals surface area contributed by atoms with Crippen molar-refractivity contribution >= 4 is 11.6 Å². The van der Waals surface area contributed by atoms with Gasteiger partial charge in [0, 0.05) is 32.9 Å². The van der Waals surface area contributed by atoms with Crippen LogP contribution in [0.25, 0.3) is 0 Å². The number of rotatable bonds is 5. The largest absolute Gasteiger partial charge is 0.396 e. The van der Waals surface area contributed by atoms with Crippen molar-refractivity contribution in [1.82, 2.24) is 19.6 Å². The van der Waals surface area contributed by atoms with Gasteiger partial charge in [0.15, 0.2) is 5.69 Å². The Kier molecular flexibility index (Phi) is 4.51. The minimum atomic E-state index is -0.128. The van der Waals surface area contributed by atoms with Gasteiger partial charge in [-0.3, -0.25) is 9.48 Å². The second kappa shape index (κ2) is 5.67. The van der Waals surface area contributed by atoms with Crippen LogP contribution in [0.15, 0.2) is 6.20 Å². The first-order valence-electron chi connectivity index (χ1n) is 5.68. The smallest absolute Gasteiger partial charge is 0.276 e. The van der Waals surface area contributed by atoms with E-state index in [0.29, 0.717) is 24.5 Å². The summed E-state index contributed by atoms with van der Waals surface area (Å²) in [6.45, 7) is 4.14. The van der Waals surface area contributed by atoms with Crippen molar-refractivity contribution < 1.29 is 4.79 Å². The molecule has 0 bridgehead atoms. The number of aromatic nitrogens is 2. The molecule has 0 atom stereocenters. The third-order valence-electron chi connectivity index (χ3n) is 2.55. The molecule has 1 aromatic heterocycles. The Morgan fingerprint density at radius 3 is 2.53 bits per heavy atom. The molecule has 0 saturated carbocycles. The summed E-state index contributed by atoms with van der Waals surface area (Å²) < 4.78 is 1.67. The monoisotopic (exact) mass is 239 g/mol. The average molecular weight is 239 g/mol. The van der Waals surface area contributed by atoms with Gasteiger partial charge in [-0.1, -0.05) is 0 Å². The van der Waals surface area contributed by atoms with Crippen LogP contribution >= 0.6 is 0 Å². The number of carbonyl (C=O) groups is 1. The van der Waals surface area contributed by atoms with Crippen molar-refractivity contribution in [1.29, 1.82) is 0 Å². The zero-order valence-corrected chi connectivity index (χ0v) is 11.0. The van der Waals surface area contributed by atoms with E-state index in [1.165, 1.54) is 0 Å². The molecule has 96 valence electrons. The first-order valence-corrected chi connectivity index (χ1v) is 5.68. The Morgan fingerprint density at radius 1 is 1.41 bits per heavy atom. The first-order chi connectivity index (χ1) is 7.95. The third-order valence-corrected chi connectivity index (χ3v) is 2.55. The van der Waals surface area contributed by atoms with Gasteiger partial charge in [0.25, 0.3) is 5.91 Å². The maximum absolute atomic E-state index is 12.1. The number of hydrogen-bond acceptors (Lipinski definition) is 4. The fourth-order valence-corrected chi connectivity index (χ4v) is 1.40. The molecule has 0 saturated heterocycles. The van der Waals surface area contributed by atoms with E-state index in [0.717, 1.165) is 6.54 Å². The average Bonchev–Trinajstić information content (AvgIpc) is 2.66. The molecule has 0 spiro atoms. The summed E-state index contributed by atoms with van der Waals surface area (Å²) in [5, 5.41) is 4.16. The van der Waals surface area contributed by atoms with Crippen molar-refractivity contribution in [3.8, 4) is 0 Å². The summed E-state index contributed by atoms with van der Waals surface area (Å²) in [7, 11) is 5.70. The fourth-order valence-electron chi connectivity index (χ4n) is 1.40. The summed E-state index contributed by atoms with van der Waals surface area (Å²) >= 11 is 0. The quantitative estimate of drug-likeness (QED) is 0.792. The van der Waals surface area contributed by atoms with E-state index < -0.39 is 0 Å². The molecule has 1 heterocycles. The minimum absolute atomic E-state index is 0.128. The van der Waals surface area contributed by atoms with Gasteiger partial charge in [-0.05, 0) is 21.0 Å². The molecule has 0 aromatic carbocycles. The maximum atomic E-state index is 12.1. The number of aryl methyl sites for hydroxylation is 1. The van der Waals surface area contributed by atoms with Crippen LogP contribution in [0.1, 0.15) is 17.4 Å². The van der Waals surface area contributed by atoms with Crippen LogP contribution in [-0.4, -0.2) is 59.7 Å². The molecule has 2 N–H and O–H groups in total. The lowest BCUT2D eigenvalue weighted by molar-refractivity contribution is 0.0780. The molecule has 1 rings (SSSR count). The Bertz CT molecular complexity index is 385. The van der Waals surface area contributed by atoms with Crippen molar-refractivity contribution in [3.63, 3.8) is 0 Å². The molecular formula is C11H21N5O.